The number of carbonyl (C=O) groups is 1. The Labute approximate surface area is 119 Å². The maximum Gasteiger partial charge on any atom is 0.150 e. The molecule has 0 saturated carbocycles. The van der Waals surface area contributed by atoms with E-state index in [1.54, 1.807) is 12.1 Å². The van der Waals surface area contributed by atoms with E-state index in [4.69, 9.17) is 10.00 Å². The Morgan fingerprint density at radius 3 is 2.58 bits per heavy atom. The number of rotatable bonds is 3. The molecule has 94 valence electrons. The average Bonchev–Trinajstić information content (AvgIpc) is 2.42. The number of nitriles is 1. The summed E-state index contributed by atoms with van der Waals surface area (Å²) in [7, 11) is 0. The zero-order valence-corrected chi connectivity index (χ0v) is 11.8. The van der Waals surface area contributed by atoms with Crippen molar-refractivity contribution in [1.82, 2.24) is 0 Å². The highest BCUT2D eigenvalue weighted by Crippen LogP contribution is 2.32. The van der Waals surface area contributed by atoms with Crippen LogP contribution < -0.4 is 4.74 Å². The molecule has 19 heavy (non-hydrogen) atoms. The number of carbonyl (C=O) groups excluding carboxylic acids is 1. The van der Waals surface area contributed by atoms with Crippen LogP contribution in [0.3, 0.4) is 0 Å². The Hall–Kier alpha value is -2.12. The molecule has 3 nitrogen and oxygen atoms in total. The monoisotopic (exact) mass is 315 g/mol. The molecule has 2 aromatic rings. The van der Waals surface area contributed by atoms with Gasteiger partial charge in [0.25, 0.3) is 0 Å². The minimum Gasteiger partial charge on any atom is -0.455 e. The summed E-state index contributed by atoms with van der Waals surface area (Å²) in [4.78, 5) is 10.7. The Morgan fingerprint density at radius 2 is 1.95 bits per heavy atom. The molecule has 0 spiro atoms. The predicted molar refractivity (Wildman–Crippen MR) is 75.5 cm³/mol. The molecule has 0 N–H and O–H groups in total. The summed E-state index contributed by atoms with van der Waals surface area (Å²) in [6, 6.07) is 12.4. The molecule has 4 heteroatoms. The van der Waals surface area contributed by atoms with Crippen LogP contribution in [0.1, 0.15) is 21.5 Å². The van der Waals surface area contributed by atoms with Crippen LogP contribution in [0.15, 0.2) is 40.9 Å². The van der Waals surface area contributed by atoms with Gasteiger partial charge in [-0.2, -0.15) is 5.26 Å². The molecule has 0 atom stereocenters. The van der Waals surface area contributed by atoms with E-state index in [0.717, 1.165) is 10.0 Å². The second-order valence-electron chi connectivity index (χ2n) is 4.02. The van der Waals surface area contributed by atoms with Gasteiger partial charge in [-0.15, -0.1) is 0 Å². The first-order valence-electron chi connectivity index (χ1n) is 5.57. The van der Waals surface area contributed by atoms with Gasteiger partial charge in [-0.05, 0) is 58.7 Å². The van der Waals surface area contributed by atoms with Gasteiger partial charge < -0.3 is 4.74 Å². The lowest BCUT2D eigenvalue weighted by Gasteiger charge is -2.10. The first kappa shape index (κ1) is 13.3. The van der Waals surface area contributed by atoms with Gasteiger partial charge in [-0.1, -0.05) is 6.07 Å². The van der Waals surface area contributed by atoms with Crippen molar-refractivity contribution in [3.8, 4) is 17.6 Å². The summed E-state index contributed by atoms with van der Waals surface area (Å²) in [5.74, 6) is 1.05. The molecular weight excluding hydrogens is 306 g/mol. The Bertz CT molecular complexity index is 674. The molecule has 2 rings (SSSR count). The molecule has 0 heterocycles. The summed E-state index contributed by atoms with van der Waals surface area (Å²) >= 11 is 3.42. The van der Waals surface area contributed by atoms with Crippen molar-refractivity contribution in [2.45, 2.75) is 6.92 Å². The van der Waals surface area contributed by atoms with Crippen molar-refractivity contribution in [2.75, 3.05) is 0 Å². The summed E-state index contributed by atoms with van der Waals surface area (Å²) in [6.45, 7) is 1.98. The molecule has 0 saturated heterocycles. The van der Waals surface area contributed by atoms with Gasteiger partial charge >= 0.3 is 0 Å². The zero-order valence-electron chi connectivity index (χ0n) is 10.2. The van der Waals surface area contributed by atoms with Gasteiger partial charge in [-0.25, -0.2) is 0 Å². The van der Waals surface area contributed by atoms with Gasteiger partial charge in [0.1, 0.15) is 23.9 Å². The lowest BCUT2D eigenvalue weighted by Crippen LogP contribution is -1.91. The molecule has 0 aromatic heterocycles. The zero-order chi connectivity index (χ0) is 13.8. The summed E-state index contributed by atoms with van der Waals surface area (Å²) < 4.78 is 6.52. The van der Waals surface area contributed by atoms with Crippen molar-refractivity contribution in [3.63, 3.8) is 0 Å². The first-order chi connectivity index (χ1) is 9.13. The van der Waals surface area contributed by atoms with E-state index in [-0.39, 0.29) is 0 Å². The summed E-state index contributed by atoms with van der Waals surface area (Å²) in [5.41, 5.74) is 1.89. The van der Waals surface area contributed by atoms with E-state index in [9.17, 15) is 4.79 Å². The van der Waals surface area contributed by atoms with Crippen LogP contribution in [-0.2, 0) is 0 Å². The molecule has 0 amide bonds. The predicted octanol–water partition coefficient (Wildman–Crippen LogP) is 4.23. The van der Waals surface area contributed by atoms with Crippen molar-refractivity contribution in [3.05, 3.63) is 57.6 Å². The third-order valence-electron chi connectivity index (χ3n) is 2.57. The molecule has 0 radical (unpaired) electrons. The number of hydrogen-bond acceptors (Lipinski definition) is 3. The molecule has 0 unspecified atom stereocenters. The number of hydrogen-bond donors (Lipinski definition) is 0. The lowest BCUT2D eigenvalue weighted by molar-refractivity contribution is 0.112. The number of nitrogens with zero attached hydrogens (tertiary/aromatic N) is 1. The van der Waals surface area contributed by atoms with Crippen molar-refractivity contribution in [2.24, 2.45) is 0 Å². The van der Waals surface area contributed by atoms with E-state index >= 15 is 0 Å². The largest absolute Gasteiger partial charge is 0.455 e. The quantitative estimate of drug-likeness (QED) is 0.796. The van der Waals surface area contributed by atoms with E-state index < -0.39 is 0 Å². The van der Waals surface area contributed by atoms with Crippen LogP contribution in [0.5, 0.6) is 11.5 Å². The van der Waals surface area contributed by atoms with Crippen molar-refractivity contribution in [1.29, 1.82) is 5.26 Å². The molecule has 0 aliphatic rings. The van der Waals surface area contributed by atoms with Gasteiger partial charge in [0, 0.05) is 5.56 Å². The smallest absolute Gasteiger partial charge is 0.150 e. The normalized spacial score (nSPS) is 9.74. The SMILES string of the molecule is Cc1ccc(Oc2ccc(C=O)cc2C#N)c(Br)c1. The van der Waals surface area contributed by atoms with Crippen molar-refractivity contribution < 1.29 is 9.53 Å². The first-order valence-corrected chi connectivity index (χ1v) is 6.36. The molecule has 0 bridgehead atoms. The van der Waals surface area contributed by atoms with E-state index in [1.807, 2.05) is 31.2 Å². The number of aldehydes is 1. The van der Waals surface area contributed by atoms with Crippen LogP contribution in [0, 0.1) is 18.3 Å². The standard InChI is InChI=1S/C15H10BrNO2/c1-10-2-4-15(13(16)6-10)19-14-5-3-11(9-18)7-12(14)8-17/h2-7,9H,1H3. The Kier molecular flexibility index (Phi) is 3.98. The minimum atomic E-state index is 0.331. The van der Waals surface area contributed by atoms with Crippen LogP contribution >= 0.6 is 15.9 Å². The van der Waals surface area contributed by atoms with Crippen LogP contribution in [0.4, 0.5) is 0 Å². The third-order valence-corrected chi connectivity index (χ3v) is 3.19. The van der Waals surface area contributed by atoms with Gasteiger partial charge in [-0.3, -0.25) is 4.79 Å². The topological polar surface area (TPSA) is 50.1 Å². The highest BCUT2D eigenvalue weighted by Gasteiger charge is 2.08. The maximum absolute atomic E-state index is 10.7. The highest BCUT2D eigenvalue weighted by molar-refractivity contribution is 9.10. The number of benzene rings is 2. The third kappa shape index (κ3) is 3.01. The second-order valence-corrected chi connectivity index (χ2v) is 4.88. The van der Waals surface area contributed by atoms with Gasteiger partial charge in [0.05, 0.1) is 10.0 Å². The molecule has 0 aliphatic carbocycles. The minimum absolute atomic E-state index is 0.331. The van der Waals surface area contributed by atoms with Crippen molar-refractivity contribution >= 4 is 22.2 Å². The average molecular weight is 316 g/mol. The van der Waals surface area contributed by atoms with E-state index in [0.29, 0.717) is 28.9 Å². The molecule has 0 aliphatic heterocycles. The number of halogens is 1. The summed E-state index contributed by atoms with van der Waals surface area (Å²) in [6.07, 6.45) is 0.701. The number of ether oxygens (including phenoxy) is 1. The fourth-order valence-corrected chi connectivity index (χ4v) is 2.18. The fourth-order valence-electron chi connectivity index (χ4n) is 1.60. The van der Waals surface area contributed by atoms with Gasteiger partial charge in [0.15, 0.2) is 0 Å². The number of aryl methyl sites for hydroxylation is 1. The lowest BCUT2D eigenvalue weighted by atomic mass is 10.1. The maximum atomic E-state index is 10.7. The fraction of sp³-hybridized carbons (Fsp3) is 0.0667. The van der Waals surface area contributed by atoms with E-state index in [2.05, 4.69) is 15.9 Å². The van der Waals surface area contributed by atoms with Gasteiger partial charge in [0.2, 0.25) is 0 Å². The molecule has 0 fully saturated rings. The molecular formula is C15H10BrNO2. The Balaban J connectivity index is 2.38. The summed E-state index contributed by atoms with van der Waals surface area (Å²) in [5, 5.41) is 9.07. The highest BCUT2D eigenvalue weighted by atomic mass is 79.9. The Morgan fingerprint density at radius 1 is 1.21 bits per heavy atom. The van der Waals surface area contributed by atoms with E-state index in [1.165, 1.54) is 6.07 Å². The molecule has 2 aromatic carbocycles. The second kappa shape index (κ2) is 5.68. The van der Waals surface area contributed by atoms with Crippen LogP contribution in [-0.4, -0.2) is 6.29 Å². The van der Waals surface area contributed by atoms with Crippen LogP contribution in [0.2, 0.25) is 0 Å². The van der Waals surface area contributed by atoms with Crippen LogP contribution in [0.25, 0.3) is 0 Å².